The molecule has 0 unspecified atom stereocenters. The molecule has 8 nitrogen and oxygen atoms in total. The molecule has 1 aromatic heterocycles. The van der Waals surface area contributed by atoms with Gasteiger partial charge < -0.3 is 15.4 Å². The molecule has 0 saturated heterocycles. The highest BCUT2D eigenvalue weighted by molar-refractivity contribution is 5.99. The number of aromatic nitrogens is 1. The largest absolute Gasteiger partial charge is 0.489 e. The minimum absolute atomic E-state index is 0.159. The molecule has 0 radical (unpaired) electrons. The molecule has 2 rings (SSSR count). The number of nitrogens with zero attached hydrogens (tertiary/aromatic N) is 2. The van der Waals surface area contributed by atoms with Crippen molar-refractivity contribution in [2.45, 2.75) is 20.0 Å². The smallest absolute Gasteiger partial charge is 0.323 e. The number of hydrogen-bond acceptors (Lipinski definition) is 5. The van der Waals surface area contributed by atoms with Crippen molar-refractivity contribution in [3.63, 3.8) is 0 Å². The SMILES string of the molecule is CON(C[C@@H](C)Oc1cc(F)cc(NC(=O)Nc2cccnc2)c1)C(C)=O. The van der Waals surface area contributed by atoms with Gasteiger partial charge in [0.05, 0.1) is 25.5 Å². The second kappa shape index (κ2) is 9.48. The van der Waals surface area contributed by atoms with E-state index in [0.29, 0.717) is 5.69 Å². The van der Waals surface area contributed by atoms with Gasteiger partial charge in [-0.05, 0) is 25.1 Å². The molecule has 3 amide bonds. The van der Waals surface area contributed by atoms with E-state index in [4.69, 9.17) is 9.57 Å². The first-order valence-corrected chi connectivity index (χ1v) is 8.15. The third kappa shape index (κ3) is 6.55. The van der Waals surface area contributed by atoms with Crippen molar-refractivity contribution in [3.05, 3.63) is 48.5 Å². The van der Waals surface area contributed by atoms with Gasteiger partial charge in [0.1, 0.15) is 17.7 Å². The summed E-state index contributed by atoms with van der Waals surface area (Å²) >= 11 is 0. The fourth-order valence-electron chi connectivity index (χ4n) is 2.27. The number of halogens is 1. The topological polar surface area (TPSA) is 92.8 Å². The van der Waals surface area contributed by atoms with Crippen LogP contribution in [-0.2, 0) is 9.63 Å². The lowest BCUT2D eigenvalue weighted by Gasteiger charge is -2.23. The number of rotatable bonds is 7. The number of nitrogens with one attached hydrogen (secondary N) is 2. The maximum atomic E-state index is 13.9. The Labute approximate surface area is 156 Å². The van der Waals surface area contributed by atoms with E-state index in [2.05, 4.69) is 15.6 Å². The van der Waals surface area contributed by atoms with Crippen LogP contribution < -0.4 is 15.4 Å². The Hall–Kier alpha value is -3.20. The van der Waals surface area contributed by atoms with E-state index >= 15 is 0 Å². The molecule has 0 bridgehead atoms. The van der Waals surface area contributed by atoms with E-state index < -0.39 is 18.0 Å². The van der Waals surface area contributed by atoms with Crippen molar-refractivity contribution in [1.82, 2.24) is 10.0 Å². The molecule has 1 atom stereocenters. The minimum Gasteiger partial charge on any atom is -0.489 e. The zero-order valence-corrected chi connectivity index (χ0v) is 15.2. The summed E-state index contributed by atoms with van der Waals surface area (Å²) in [7, 11) is 1.37. The molecule has 0 aliphatic rings. The Morgan fingerprint density at radius 1 is 1.26 bits per heavy atom. The van der Waals surface area contributed by atoms with Crippen LogP contribution in [0.1, 0.15) is 13.8 Å². The number of ether oxygens (including phenoxy) is 1. The van der Waals surface area contributed by atoms with E-state index in [1.165, 1.54) is 32.4 Å². The van der Waals surface area contributed by atoms with E-state index in [1.807, 2.05) is 0 Å². The summed E-state index contributed by atoms with van der Waals surface area (Å²) in [6.45, 7) is 3.23. The van der Waals surface area contributed by atoms with Crippen LogP contribution in [0.2, 0.25) is 0 Å². The third-order valence-corrected chi connectivity index (χ3v) is 3.38. The van der Waals surface area contributed by atoms with Crippen LogP contribution in [0.5, 0.6) is 5.75 Å². The first-order chi connectivity index (χ1) is 12.9. The van der Waals surface area contributed by atoms with Gasteiger partial charge in [0.25, 0.3) is 0 Å². The van der Waals surface area contributed by atoms with Crippen LogP contribution >= 0.6 is 0 Å². The lowest BCUT2D eigenvalue weighted by atomic mass is 10.2. The predicted octanol–water partition coefficient (Wildman–Crippen LogP) is 3.04. The summed E-state index contributed by atoms with van der Waals surface area (Å²) in [5.41, 5.74) is 0.717. The molecule has 1 aromatic carbocycles. The number of carbonyl (C=O) groups is 2. The van der Waals surface area contributed by atoms with Crippen molar-refractivity contribution in [2.24, 2.45) is 0 Å². The van der Waals surface area contributed by atoms with Crippen LogP contribution in [0.25, 0.3) is 0 Å². The summed E-state index contributed by atoms with van der Waals surface area (Å²) in [5, 5.41) is 6.24. The Bertz CT molecular complexity index is 788. The van der Waals surface area contributed by atoms with Crippen LogP contribution in [0, 0.1) is 5.82 Å². The highest BCUT2D eigenvalue weighted by Crippen LogP contribution is 2.22. The van der Waals surface area contributed by atoms with Gasteiger partial charge in [-0.2, -0.15) is 0 Å². The average Bonchev–Trinajstić information content (AvgIpc) is 2.59. The molecule has 0 aliphatic heterocycles. The summed E-state index contributed by atoms with van der Waals surface area (Å²) in [5.74, 6) is -0.646. The Morgan fingerprint density at radius 3 is 2.63 bits per heavy atom. The van der Waals surface area contributed by atoms with Crippen molar-refractivity contribution in [2.75, 3.05) is 24.3 Å². The van der Waals surface area contributed by atoms with Crippen LogP contribution in [-0.4, -0.2) is 41.7 Å². The van der Waals surface area contributed by atoms with E-state index in [1.54, 1.807) is 25.3 Å². The monoisotopic (exact) mass is 376 g/mol. The Balaban J connectivity index is 2.00. The predicted molar refractivity (Wildman–Crippen MR) is 97.8 cm³/mol. The lowest BCUT2D eigenvalue weighted by Crippen LogP contribution is -2.36. The Kier molecular flexibility index (Phi) is 7.07. The average molecular weight is 376 g/mol. The standard InChI is InChI=1S/C18H21FN4O4/c1-12(11-23(26-3)13(2)24)27-17-8-14(19)7-16(9-17)22-18(25)21-15-5-4-6-20-10-15/h4-10,12H,11H2,1-3H3,(H2,21,22,25)/t12-/m1/s1. The second-order valence-corrected chi connectivity index (χ2v) is 5.69. The second-order valence-electron chi connectivity index (χ2n) is 5.69. The van der Waals surface area contributed by atoms with Gasteiger partial charge in [-0.1, -0.05) is 0 Å². The molecule has 0 fully saturated rings. The Morgan fingerprint density at radius 2 is 2.00 bits per heavy atom. The van der Waals surface area contributed by atoms with Gasteiger partial charge in [0.2, 0.25) is 5.91 Å². The molecule has 0 aliphatic carbocycles. The number of pyridine rings is 1. The van der Waals surface area contributed by atoms with Crippen LogP contribution in [0.4, 0.5) is 20.6 Å². The van der Waals surface area contributed by atoms with Crippen LogP contribution in [0.3, 0.4) is 0 Å². The van der Waals surface area contributed by atoms with Gasteiger partial charge in [0.15, 0.2) is 0 Å². The molecule has 1 heterocycles. The minimum atomic E-state index is -0.577. The van der Waals surface area contributed by atoms with Crippen molar-refractivity contribution < 1.29 is 23.6 Å². The maximum absolute atomic E-state index is 13.9. The van der Waals surface area contributed by atoms with Crippen LogP contribution in [0.15, 0.2) is 42.7 Å². The molecular weight excluding hydrogens is 355 g/mol. The molecule has 144 valence electrons. The van der Waals surface area contributed by atoms with Gasteiger partial charge in [-0.25, -0.2) is 14.2 Å². The molecule has 9 heteroatoms. The number of hydrogen-bond donors (Lipinski definition) is 2. The number of amides is 3. The fraction of sp³-hybridized carbons (Fsp3) is 0.278. The van der Waals surface area contributed by atoms with Crippen molar-refractivity contribution in [1.29, 1.82) is 0 Å². The zero-order chi connectivity index (χ0) is 19.8. The van der Waals surface area contributed by atoms with E-state index in [9.17, 15) is 14.0 Å². The summed E-state index contributed by atoms with van der Waals surface area (Å²) < 4.78 is 19.5. The maximum Gasteiger partial charge on any atom is 0.323 e. The number of hydroxylamine groups is 2. The molecular formula is C18H21FN4O4. The van der Waals surface area contributed by atoms with Gasteiger partial charge in [0, 0.05) is 30.9 Å². The first kappa shape index (κ1) is 20.1. The first-order valence-electron chi connectivity index (χ1n) is 8.15. The number of urea groups is 1. The van der Waals surface area contributed by atoms with Gasteiger partial charge in [-0.15, -0.1) is 0 Å². The molecule has 27 heavy (non-hydrogen) atoms. The van der Waals surface area contributed by atoms with Gasteiger partial charge in [-0.3, -0.25) is 14.6 Å². The highest BCUT2D eigenvalue weighted by atomic mass is 19.1. The molecule has 0 spiro atoms. The summed E-state index contributed by atoms with van der Waals surface area (Å²) in [6, 6.07) is 6.63. The van der Waals surface area contributed by atoms with Crippen molar-refractivity contribution >= 4 is 23.3 Å². The number of carbonyl (C=O) groups excluding carboxylic acids is 2. The van der Waals surface area contributed by atoms with E-state index in [0.717, 1.165) is 11.1 Å². The normalized spacial score (nSPS) is 11.4. The quantitative estimate of drug-likeness (QED) is 0.725. The molecule has 0 saturated carbocycles. The summed E-state index contributed by atoms with van der Waals surface area (Å²) in [4.78, 5) is 32.2. The molecule has 2 aromatic rings. The zero-order valence-electron chi connectivity index (χ0n) is 15.2. The number of benzene rings is 1. The van der Waals surface area contributed by atoms with Gasteiger partial charge >= 0.3 is 6.03 Å². The third-order valence-electron chi connectivity index (χ3n) is 3.38. The highest BCUT2D eigenvalue weighted by Gasteiger charge is 2.15. The fourth-order valence-corrected chi connectivity index (χ4v) is 2.27. The lowest BCUT2D eigenvalue weighted by molar-refractivity contribution is -0.178. The van der Waals surface area contributed by atoms with Crippen molar-refractivity contribution in [3.8, 4) is 5.75 Å². The molecule has 2 N–H and O–H groups in total. The van der Waals surface area contributed by atoms with E-state index in [-0.39, 0.29) is 23.9 Å². The number of anilines is 2. The summed E-state index contributed by atoms with van der Waals surface area (Å²) in [6.07, 6.45) is 2.60.